The topological polar surface area (TPSA) is 67.3 Å². The largest absolute Gasteiger partial charge is 0.286 e. The quantitative estimate of drug-likeness (QED) is 0.763. The smallest absolute Gasteiger partial charge is 0.265 e. The van der Waals surface area contributed by atoms with E-state index in [4.69, 9.17) is 4.55 Å². The van der Waals surface area contributed by atoms with Gasteiger partial charge in [-0.1, -0.05) is 13.0 Å². The van der Waals surface area contributed by atoms with Crippen molar-refractivity contribution < 1.29 is 13.0 Å². The molecule has 0 aliphatic rings. The minimum atomic E-state index is -3.88. The lowest BCUT2D eigenvalue weighted by Crippen LogP contribution is -2.07. The second kappa shape index (κ2) is 4.52. The Balaban J connectivity index is 2.61. The predicted octanol–water partition coefficient (Wildman–Crippen LogP) is 1.07. The van der Waals surface area contributed by atoms with Crippen molar-refractivity contribution in [3.05, 3.63) is 29.6 Å². The zero-order valence-electron chi connectivity index (χ0n) is 7.97. The predicted molar refractivity (Wildman–Crippen MR) is 53.7 cm³/mol. The van der Waals surface area contributed by atoms with Crippen molar-refractivity contribution in [3.8, 4) is 0 Å². The first-order chi connectivity index (χ1) is 6.51. The molecule has 0 saturated carbocycles. The van der Waals surface area contributed by atoms with Gasteiger partial charge in [-0.3, -0.25) is 9.54 Å². The lowest BCUT2D eigenvalue weighted by Gasteiger charge is -2.00. The van der Waals surface area contributed by atoms with Gasteiger partial charge in [0.25, 0.3) is 10.1 Å². The van der Waals surface area contributed by atoms with E-state index in [2.05, 4.69) is 4.98 Å². The van der Waals surface area contributed by atoms with Crippen molar-refractivity contribution in [2.45, 2.75) is 19.8 Å². The number of nitrogens with zero attached hydrogens (tertiary/aromatic N) is 1. The van der Waals surface area contributed by atoms with E-state index in [9.17, 15) is 8.42 Å². The summed E-state index contributed by atoms with van der Waals surface area (Å²) in [5, 5.41) is 0. The van der Waals surface area contributed by atoms with Crippen LogP contribution in [0.5, 0.6) is 0 Å². The fourth-order valence-corrected chi connectivity index (χ4v) is 1.51. The molecular formula is C9H13NO3S. The van der Waals surface area contributed by atoms with E-state index in [0.717, 1.165) is 12.0 Å². The van der Waals surface area contributed by atoms with Gasteiger partial charge < -0.3 is 0 Å². The van der Waals surface area contributed by atoms with Crippen LogP contribution in [0.1, 0.15) is 18.2 Å². The summed E-state index contributed by atoms with van der Waals surface area (Å²) >= 11 is 0. The Hall–Kier alpha value is -0.940. The minimum absolute atomic E-state index is 0.253. The lowest BCUT2D eigenvalue weighted by atomic mass is 10.2. The van der Waals surface area contributed by atoms with Gasteiger partial charge in [0.05, 0.1) is 5.75 Å². The monoisotopic (exact) mass is 215 g/mol. The molecule has 0 spiro atoms. The van der Waals surface area contributed by atoms with E-state index in [0.29, 0.717) is 5.69 Å². The van der Waals surface area contributed by atoms with E-state index < -0.39 is 10.1 Å². The molecule has 14 heavy (non-hydrogen) atoms. The van der Waals surface area contributed by atoms with Crippen molar-refractivity contribution in [1.29, 1.82) is 0 Å². The van der Waals surface area contributed by atoms with Crippen LogP contribution in [0.4, 0.5) is 0 Å². The Bertz CT molecular complexity index is 383. The van der Waals surface area contributed by atoms with Crippen LogP contribution in [-0.2, 0) is 23.0 Å². The second-order valence-electron chi connectivity index (χ2n) is 3.05. The van der Waals surface area contributed by atoms with Crippen LogP contribution >= 0.6 is 0 Å². The zero-order chi connectivity index (χ0) is 10.6. The van der Waals surface area contributed by atoms with E-state index in [1.807, 2.05) is 13.0 Å². The highest BCUT2D eigenvalue weighted by Gasteiger charge is 2.05. The molecule has 0 radical (unpaired) electrons. The molecule has 1 rings (SSSR count). The van der Waals surface area contributed by atoms with E-state index in [-0.39, 0.29) is 12.2 Å². The number of aromatic nitrogens is 1. The van der Waals surface area contributed by atoms with Gasteiger partial charge in [-0.25, -0.2) is 0 Å². The standard InChI is InChI=1S/C9H13NO3S/c1-2-8-3-4-9(10-7-8)5-6-14(11,12)13/h3-4,7H,2,5-6H2,1H3,(H,11,12,13). The maximum Gasteiger partial charge on any atom is 0.265 e. The average Bonchev–Trinajstić information content (AvgIpc) is 2.14. The first-order valence-electron chi connectivity index (χ1n) is 4.40. The van der Waals surface area contributed by atoms with Crippen LogP contribution in [0, 0.1) is 0 Å². The highest BCUT2D eigenvalue weighted by molar-refractivity contribution is 7.85. The molecule has 0 saturated heterocycles. The van der Waals surface area contributed by atoms with Crippen molar-refractivity contribution in [2.75, 3.05) is 5.75 Å². The number of pyridine rings is 1. The molecule has 78 valence electrons. The van der Waals surface area contributed by atoms with Crippen LogP contribution in [0.3, 0.4) is 0 Å². The van der Waals surface area contributed by atoms with E-state index in [1.54, 1.807) is 12.3 Å². The van der Waals surface area contributed by atoms with Crippen LogP contribution in [0.15, 0.2) is 18.3 Å². The number of hydrogen-bond acceptors (Lipinski definition) is 3. The molecule has 0 unspecified atom stereocenters. The molecule has 0 fully saturated rings. The first-order valence-corrected chi connectivity index (χ1v) is 6.01. The molecule has 0 aromatic carbocycles. The molecule has 1 N–H and O–H groups in total. The third-order valence-electron chi connectivity index (χ3n) is 1.91. The fourth-order valence-electron chi connectivity index (χ4n) is 1.05. The van der Waals surface area contributed by atoms with Crippen LogP contribution in [0.25, 0.3) is 0 Å². The summed E-state index contributed by atoms with van der Waals surface area (Å²) in [7, 11) is -3.88. The molecule has 1 aromatic rings. The molecule has 5 heteroatoms. The van der Waals surface area contributed by atoms with Crippen molar-refractivity contribution in [2.24, 2.45) is 0 Å². The number of rotatable bonds is 4. The van der Waals surface area contributed by atoms with Crippen molar-refractivity contribution in [1.82, 2.24) is 4.98 Å². The Morgan fingerprint density at radius 3 is 2.57 bits per heavy atom. The Morgan fingerprint density at radius 2 is 2.14 bits per heavy atom. The summed E-state index contributed by atoms with van der Waals surface area (Å²) in [6, 6.07) is 3.69. The highest BCUT2D eigenvalue weighted by Crippen LogP contribution is 2.02. The zero-order valence-corrected chi connectivity index (χ0v) is 8.79. The molecule has 0 aliphatic carbocycles. The molecule has 0 atom stereocenters. The lowest BCUT2D eigenvalue weighted by molar-refractivity contribution is 0.482. The van der Waals surface area contributed by atoms with Crippen LogP contribution < -0.4 is 0 Å². The number of aryl methyl sites for hydroxylation is 2. The van der Waals surface area contributed by atoms with Gasteiger partial charge in [-0.05, 0) is 18.1 Å². The maximum atomic E-state index is 10.5. The summed E-state index contributed by atoms with van der Waals surface area (Å²) in [4.78, 5) is 4.08. The second-order valence-corrected chi connectivity index (χ2v) is 4.62. The summed E-state index contributed by atoms with van der Waals surface area (Å²) in [5.74, 6) is -0.272. The van der Waals surface area contributed by atoms with Crippen molar-refractivity contribution >= 4 is 10.1 Å². The molecule has 0 bridgehead atoms. The minimum Gasteiger partial charge on any atom is -0.286 e. The third kappa shape index (κ3) is 3.85. The van der Waals surface area contributed by atoms with E-state index >= 15 is 0 Å². The summed E-state index contributed by atoms with van der Waals surface area (Å²) in [6.07, 6.45) is 2.88. The third-order valence-corrected chi connectivity index (χ3v) is 2.63. The van der Waals surface area contributed by atoms with Crippen LogP contribution in [0.2, 0.25) is 0 Å². The van der Waals surface area contributed by atoms with Gasteiger partial charge in [0.1, 0.15) is 0 Å². The van der Waals surface area contributed by atoms with Gasteiger partial charge in [0, 0.05) is 18.3 Å². The van der Waals surface area contributed by atoms with Gasteiger partial charge in [-0.15, -0.1) is 0 Å². The Kier molecular flexibility index (Phi) is 3.60. The highest BCUT2D eigenvalue weighted by atomic mass is 32.2. The van der Waals surface area contributed by atoms with Gasteiger partial charge in [0.15, 0.2) is 0 Å². The SMILES string of the molecule is CCc1ccc(CCS(=O)(=O)O)nc1. The molecular weight excluding hydrogens is 202 g/mol. The molecule has 4 nitrogen and oxygen atoms in total. The van der Waals surface area contributed by atoms with Gasteiger partial charge in [-0.2, -0.15) is 8.42 Å². The molecule has 1 heterocycles. The Morgan fingerprint density at radius 1 is 1.43 bits per heavy atom. The first kappa shape index (κ1) is 11.1. The van der Waals surface area contributed by atoms with Crippen LogP contribution in [-0.4, -0.2) is 23.7 Å². The summed E-state index contributed by atoms with van der Waals surface area (Å²) < 4.78 is 29.4. The molecule has 0 aliphatic heterocycles. The normalized spacial score (nSPS) is 11.6. The summed E-state index contributed by atoms with van der Waals surface area (Å²) in [6.45, 7) is 2.02. The summed E-state index contributed by atoms with van der Waals surface area (Å²) in [5.41, 5.74) is 1.79. The van der Waals surface area contributed by atoms with Gasteiger partial charge >= 0.3 is 0 Å². The average molecular weight is 215 g/mol. The fraction of sp³-hybridized carbons (Fsp3) is 0.444. The van der Waals surface area contributed by atoms with Crippen molar-refractivity contribution in [3.63, 3.8) is 0 Å². The molecule has 0 amide bonds. The number of hydrogen-bond donors (Lipinski definition) is 1. The Labute approximate surface area is 83.7 Å². The van der Waals surface area contributed by atoms with E-state index in [1.165, 1.54) is 0 Å². The molecule has 1 aromatic heterocycles. The maximum absolute atomic E-state index is 10.5. The van der Waals surface area contributed by atoms with Gasteiger partial charge in [0.2, 0.25) is 0 Å².